The molecule has 0 amide bonds. The molecule has 2 rings (SSSR count). The molecular weight excluding hydrogens is 199 g/mol. The first-order valence-corrected chi connectivity index (χ1v) is 5.32. The van der Waals surface area contributed by atoms with Crippen molar-refractivity contribution in [2.24, 2.45) is 0 Å². The third-order valence-electron chi connectivity index (χ3n) is 2.30. The largest absolute Gasteiger partial charge is 0.497 e. The lowest BCUT2D eigenvalue weighted by Crippen LogP contribution is -1.82. The van der Waals surface area contributed by atoms with Gasteiger partial charge in [0.05, 0.1) is 7.11 Å². The molecule has 0 spiro atoms. The number of fused-ring (bicyclic) bond motifs is 1. The van der Waals surface area contributed by atoms with E-state index in [0.717, 1.165) is 27.8 Å². The van der Waals surface area contributed by atoms with Gasteiger partial charge in [0.2, 0.25) is 0 Å². The van der Waals surface area contributed by atoms with Gasteiger partial charge in [-0.05, 0) is 30.0 Å². The van der Waals surface area contributed by atoms with Crippen LogP contribution in [-0.2, 0) is 6.42 Å². The molecule has 0 radical (unpaired) electrons. The molecular formula is C11H11FOS. The molecule has 0 saturated heterocycles. The third-order valence-corrected chi connectivity index (χ3v) is 3.29. The highest BCUT2D eigenvalue weighted by Gasteiger charge is 2.10. The van der Waals surface area contributed by atoms with Crippen LogP contribution in [0.2, 0.25) is 0 Å². The molecule has 0 aliphatic heterocycles. The maximum Gasteiger partial charge on any atom is 0.180 e. The van der Waals surface area contributed by atoms with Gasteiger partial charge in [0.15, 0.2) is 5.13 Å². The fourth-order valence-corrected chi connectivity index (χ4v) is 2.60. The number of ether oxygens (including phenoxy) is 1. The summed E-state index contributed by atoms with van der Waals surface area (Å²) in [5.74, 6) is 0.779. The lowest BCUT2D eigenvalue weighted by Gasteiger charge is -1.99. The Morgan fingerprint density at radius 2 is 2.21 bits per heavy atom. The van der Waals surface area contributed by atoms with Crippen LogP contribution < -0.4 is 4.74 Å². The first-order chi connectivity index (χ1) is 6.76. The zero-order chi connectivity index (χ0) is 10.1. The van der Waals surface area contributed by atoms with E-state index in [2.05, 4.69) is 0 Å². The highest BCUT2D eigenvalue weighted by molar-refractivity contribution is 7.17. The van der Waals surface area contributed by atoms with Crippen molar-refractivity contribution in [2.75, 3.05) is 7.11 Å². The molecule has 0 fully saturated rings. The monoisotopic (exact) mass is 210 g/mol. The van der Waals surface area contributed by atoms with Crippen LogP contribution in [0.25, 0.3) is 10.1 Å². The number of hydrogen-bond donors (Lipinski definition) is 0. The van der Waals surface area contributed by atoms with E-state index in [1.165, 1.54) is 11.3 Å². The molecule has 0 atom stereocenters. The number of benzene rings is 1. The highest BCUT2D eigenvalue weighted by Crippen LogP contribution is 2.32. The molecule has 0 unspecified atom stereocenters. The standard InChI is InChI=1S/C11H11FOS/c1-3-8-9-5-4-7(13-2)6-10(9)14-11(8)12/h4-6H,3H2,1-2H3. The van der Waals surface area contributed by atoms with Crippen molar-refractivity contribution in [3.8, 4) is 5.75 Å². The maximum atomic E-state index is 13.4. The zero-order valence-corrected chi connectivity index (χ0v) is 8.95. The SMILES string of the molecule is CCc1c(F)sc2cc(OC)ccc12. The van der Waals surface area contributed by atoms with Gasteiger partial charge in [-0.2, -0.15) is 4.39 Å². The van der Waals surface area contributed by atoms with Crippen LogP contribution in [0.4, 0.5) is 4.39 Å². The molecule has 1 heterocycles. The molecule has 0 bridgehead atoms. The normalized spacial score (nSPS) is 10.8. The number of halogens is 1. The van der Waals surface area contributed by atoms with Gasteiger partial charge in [-0.15, -0.1) is 11.3 Å². The van der Waals surface area contributed by atoms with E-state index in [4.69, 9.17) is 4.74 Å². The number of aryl methyl sites for hydroxylation is 1. The van der Waals surface area contributed by atoms with Crippen molar-refractivity contribution in [3.63, 3.8) is 0 Å². The highest BCUT2D eigenvalue weighted by atomic mass is 32.1. The molecule has 1 aromatic heterocycles. The quantitative estimate of drug-likeness (QED) is 0.735. The predicted molar refractivity (Wildman–Crippen MR) is 57.7 cm³/mol. The Bertz CT molecular complexity index is 462. The van der Waals surface area contributed by atoms with E-state index in [0.29, 0.717) is 0 Å². The first kappa shape index (κ1) is 9.46. The van der Waals surface area contributed by atoms with Gasteiger partial charge < -0.3 is 4.74 Å². The van der Waals surface area contributed by atoms with Gasteiger partial charge in [-0.25, -0.2) is 0 Å². The number of thiophene rings is 1. The van der Waals surface area contributed by atoms with Gasteiger partial charge in [-0.3, -0.25) is 0 Å². The van der Waals surface area contributed by atoms with E-state index in [1.54, 1.807) is 7.11 Å². The molecule has 0 aliphatic rings. The fourth-order valence-electron chi connectivity index (χ4n) is 1.56. The van der Waals surface area contributed by atoms with E-state index in [-0.39, 0.29) is 5.13 Å². The van der Waals surface area contributed by atoms with Crippen LogP contribution in [0.1, 0.15) is 12.5 Å². The molecule has 0 aliphatic carbocycles. The second kappa shape index (κ2) is 3.58. The smallest absolute Gasteiger partial charge is 0.180 e. The van der Waals surface area contributed by atoms with Crippen LogP contribution in [0.15, 0.2) is 18.2 Å². The number of rotatable bonds is 2. The summed E-state index contributed by atoms with van der Waals surface area (Å²) < 4.78 is 19.5. The minimum atomic E-state index is -0.0734. The summed E-state index contributed by atoms with van der Waals surface area (Å²) in [6.45, 7) is 1.97. The van der Waals surface area contributed by atoms with E-state index in [1.807, 2.05) is 25.1 Å². The van der Waals surface area contributed by atoms with Crippen molar-refractivity contribution in [1.29, 1.82) is 0 Å². The lowest BCUT2D eigenvalue weighted by molar-refractivity contribution is 0.415. The van der Waals surface area contributed by atoms with Crippen molar-refractivity contribution < 1.29 is 9.13 Å². The van der Waals surface area contributed by atoms with Crippen LogP contribution >= 0.6 is 11.3 Å². The van der Waals surface area contributed by atoms with Crippen LogP contribution in [0.3, 0.4) is 0 Å². The molecule has 0 saturated carbocycles. The van der Waals surface area contributed by atoms with Gasteiger partial charge >= 0.3 is 0 Å². The van der Waals surface area contributed by atoms with Crippen molar-refractivity contribution >= 4 is 21.4 Å². The molecule has 14 heavy (non-hydrogen) atoms. The maximum absolute atomic E-state index is 13.4. The van der Waals surface area contributed by atoms with E-state index >= 15 is 0 Å². The van der Waals surface area contributed by atoms with Crippen LogP contribution in [-0.4, -0.2) is 7.11 Å². The zero-order valence-electron chi connectivity index (χ0n) is 8.13. The Hall–Kier alpha value is -1.09. The summed E-state index contributed by atoms with van der Waals surface area (Å²) >= 11 is 1.19. The Labute approximate surface area is 86.1 Å². The summed E-state index contributed by atoms with van der Waals surface area (Å²) in [6.07, 6.45) is 0.734. The van der Waals surface area contributed by atoms with Crippen molar-refractivity contribution in [1.82, 2.24) is 0 Å². The Balaban J connectivity index is 2.68. The molecule has 1 aromatic carbocycles. The van der Waals surface area contributed by atoms with Gasteiger partial charge in [0.1, 0.15) is 5.75 Å². The molecule has 74 valence electrons. The Morgan fingerprint density at radius 1 is 1.43 bits per heavy atom. The van der Waals surface area contributed by atoms with Gasteiger partial charge in [0.25, 0.3) is 0 Å². The van der Waals surface area contributed by atoms with Crippen molar-refractivity contribution in [2.45, 2.75) is 13.3 Å². The van der Waals surface area contributed by atoms with Crippen LogP contribution in [0, 0.1) is 5.13 Å². The van der Waals surface area contributed by atoms with E-state index < -0.39 is 0 Å². The minimum absolute atomic E-state index is 0.0734. The number of hydrogen-bond acceptors (Lipinski definition) is 2. The molecule has 1 nitrogen and oxygen atoms in total. The summed E-state index contributed by atoms with van der Waals surface area (Å²) in [4.78, 5) is 0. The van der Waals surface area contributed by atoms with Gasteiger partial charge in [0, 0.05) is 10.3 Å². The molecule has 2 aromatic rings. The second-order valence-electron chi connectivity index (χ2n) is 3.07. The Morgan fingerprint density at radius 3 is 2.86 bits per heavy atom. The Kier molecular flexibility index (Phi) is 2.42. The number of methoxy groups -OCH3 is 1. The average molecular weight is 210 g/mol. The summed E-state index contributed by atoms with van der Waals surface area (Å²) in [5, 5.41) is 0.937. The average Bonchev–Trinajstić information content (AvgIpc) is 2.51. The lowest BCUT2D eigenvalue weighted by atomic mass is 10.1. The summed E-state index contributed by atoms with van der Waals surface area (Å²) in [5.41, 5.74) is 0.813. The summed E-state index contributed by atoms with van der Waals surface area (Å²) in [7, 11) is 1.62. The first-order valence-electron chi connectivity index (χ1n) is 4.51. The molecule has 0 N–H and O–H groups in total. The second-order valence-corrected chi connectivity index (χ2v) is 4.07. The third kappa shape index (κ3) is 1.38. The molecule has 3 heteroatoms. The predicted octanol–water partition coefficient (Wildman–Crippen LogP) is 3.61. The van der Waals surface area contributed by atoms with Crippen molar-refractivity contribution in [3.05, 3.63) is 28.9 Å². The fraction of sp³-hybridized carbons (Fsp3) is 0.273. The van der Waals surface area contributed by atoms with Crippen LogP contribution in [0.5, 0.6) is 5.75 Å². The topological polar surface area (TPSA) is 9.23 Å². The minimum Gasteiger partial charge on any atom is -0.497 e. The van der Waals surface area contributed by atoms with Gasteiger partial charge in [-0.1, -0.05) is 6.92 Å². The summed E-state index contributed by atoms with van der Waals surface area (Å²) in [6, 6.07) is 5.67. The van der Waals surface area contributed by atoms with E-state index in [9.17, 15) is 4.39 Å².